The van der Waals surface area contributed by atoms with Gasteiger partial charge in [-0.3, -0.25) is 4.79 Å². The molecule has 19 heavy (non-hydrogen) atoms. The predicted molar refractivity (Wildman–Crippen MR) is 77.5 cm³/mol. The maximum atomic E-state index is 13.2. The molecule has 0 atom stereocenters. The summed E-state index contributed by atoms with van der Waals surface area (Å²) in [5.74, 6) is -0.636. The molecule has 0 saturated carbocycles. The van der Waals surface area contributed by atoms with Gasteiger partial charge in [-0.1, -0.05) is 12.1 Å². The number of carbonyl (C=O) groups is 1. The number of halogens is 1. The number of rotatable bonds is 2. The van der Waals surface area contributed by atoms with E-state index in [-0.39, 0.29) is 11.7 Å². The third-order valence-corrected chi connectivity index (χ3v) is 3.19. The van der Waals surface area contributed by atoms with Crippen LogP contribution < -0.4 is 5.32 Å². The average molecular weight is 275 g/mol. The van der Waals surface area contributed by atoms with Crippen molar-refractivity contribution in [2.75, 3.05) is 5.32 Å². The monoisotopic (exact) mass is 275 g/mol. The molecule has 0 aromatic heterocycles. The number of amides is 1. The Morgan fingerprint density at radius 3 is 2.53 bits per heavy atom. The zero-order chi connectivity index (χ0) is 14.0. The minimum absolute atomic E-state index is 0.262. The first-order valence-electron chi connectivity index (χ1n) is 5.84. The highest BCUT2D eigenvalue weighted by molar-refractivity contribution is 7.80. The summed E-state index contributed by atoms with van der Waals surface area (Å²) < 4.78 is 13.2. The van der Waals surface area contributed by atoms with Crippen molar-refractivity contribution < 1.29 is 9.18 Å². The minimum Gasteiger partial charge on any atom is -0.322 e. The molecule has 98 valence electrons. The van der Waals surface area contributed by atoms with Crippen molar-refractivity contribution in [1.82, 2.24) is 0 Å². The molecule has 0 aliphatic rings. The van der Waals surface area contributed by atoms with Crippen molar-refractivity contribution in [3.05, 3.63) is 58.9 Å². The van der Waals surface area contributed by atoms with Gasteiger partial charge in [-0.15, -0.1) is 12.6 Å². The van der Waals surface area contributed by atoms with Crippen molar-refractivity contribution in [3.8, 4) is 0 Å². The number of anilines is 1. The summed E-state index contributed by atoms with van der Waals surface area (Å²) in [4.78, 5) is 12.9. The molecular weight excluding hydrogens is 261 g/mol. The second-order valence-corrected chi connectivity index (χ2v) is 4.93. The van der Waals surface area contributed by atoms with Gasteiger partial charge in [0.25, 0.3) is 5.91 Å². The molecule has 1 N–H and O–H groups in total. The van der Waals surface area contributed by atoms with Gasteiger partial charge in [0.2, 0.25) is 0 Å². The summed E-state index contributed by atoms with van der Waals surface area (Å²) in [5, 5.41) is 2.72. The van der Waals surface area contributed by atoms with Gasteiger partial charge in [-0.25, -0.2) is 4.39 Å². The molecule has 0 aliphatic heterocycles. The van der Waals surface area contributed by atoms with Gasteiger partial charge in [0.15, 0.2) is 0 Å². The number of benzene rings is 2. The Balaban J connectivity index is 2.30. The van der Waals surface area contributed by atoms with E-state index < -0.39 is 0 Å². The molecular formula is C15H14FNOS. The van der Waals surface area contributed by atoms with Crippen LogP contribution in [0.4, 0.5) is 10.1 Å². The van der Waals surface area contributed by atoms with Crippen LogP contribution in [0.3, 0.4) is 0 Å². The largest absolute Gasteiger partial charge is 0.322 e. The highest BCUT2D eigenvalue weighted by atomic mass is 32.1. The van der Waals surface area contributed by atoms with Gasteiger partial charge in [-0.05, 0) is 49.2 Å². The summed E-state index contributed by atoms with van der Waals surface area (Å²) in [6.45, 7) is 3.66. The van der Waals surface area contributed by atoms with Gasteiger partial charge in [0.05, 0.1) is 0 Å². The van der Waals surface area contributed by atoms with E-state index in [0.717, 1.165) is 11.1 Å². The lowest BCUT2D eigenvalue weighted by Crippen LogP contribution is -2.14. The number of nitrogens with one attached hydrogen (secondary N) is 1. The van der Waals surface area contributed by atoms with Crippen molar-refractivity contribution >= 4 is 24.2 Å². The number of aryl methyl sites for hydroxylation is 2. The normalized spacial score (nSPS) is 10.3. The van der Waals surface area contributed by atoms with E-state index in [1.54, 1.807) is 12.1 Å². The number of thiol groups is 1. The van der Waals surface area contributed by atoms with E-state index in [4.69, 9.17) is 0 Å². The lowest BCUT2D eigenvalue weighted by Gasteiger charge is -2.10. The Hall–Kier alpha value is -1.81. The molecule has 2 aromatic rings. The fourth-order valence-corrected chi connectivity index (χ4v) is 1.98. The van der Waals surface area contributed by atoms with Crippen LogP contribution in [-0.4, -0.2) is 5.91 Å². The maximum absolute atomic E-state index is 13.2. The van der Waals surface area contributed by atoms with E-state index in [0.29, 0.717) is 16.1 Å². The predicted octanol–water partition coefficient (Wildman–Crippen LogP) is 3.98. The highest BCUT2D eigenvalue weighted by Gasteiger charge is 2.11. The molecule has 0 bridgehead atoms. The first-order chi connectivity index (χ1) is 8.97. The molecule has 0 fully saturated rings. The van der Waals surface area contributed by atoms with E-state index in [2.05, 4.69) is 17.9 Å². The van der Waals surface area contributed by atoms with E-state index >= 15 is 0 Å². The zero-order valence-electron chi connectivity index (χ0n) is 10.7. The maximum Gasteiger partial charge on any atom is 0.255 e. The van der Waals surface area contributed by atoms with E-state index in [9.17, 15) is 9.18 Å². The van der Waals surface area contributed by atoms with Crippen LogP contribution in [0, 0.1) is 19.7 Å². The second kappa shape index (κ2) is 5.45. The SMILES string of the molecule is Cc1ccc(F)cc1NC(=O)c1cc(S)ccc1C. The van der Waals surface area contributed by atoms with Gasteiger partial charge in [0, 0.05) is 16.1 Å². The third kappa shape index (κ3) is 3.15. The van der Waals surface area contributed by atoms with Crippen LogP contribution in [0.15, 0.2) is 41.3 Å². The third-order valence-electron chi connectivity index (χ3n) is 2.91. The topological polar surface area (TPSA) is 29.1 Å². The molecule has 0 radical (unpaired) electrons. The van der Waals surface area contributed by atoms with Gasteiger partial charge < -0.3 is 5.32 Å². The molecule has 0 saturated heterocycles. The van der Waals surface area contributed by atoms with Gasteiger partial charge in [-0.2, -0.15) is 0 Å². The Morgan fingerprint density at radius 1 is 1.11 bits per heavy atom. The van der Waals surface area contributed by atoms with Crippen molar-refractivity contribution in [3.63, 3.8) is 0 Å². The van der Waals surface area contributed by atoms with Crippen molar-refractivity contribution in [2.45, 2.75) is 18.7 Å². The molecule has 1 amide bonds. The number of hydrogen-bond acceptors (Lipinski definition) is 2. The first kappa shape index (κ1) is 13.6. The Labute approximate surface area is 117 Å². The average Bonchev–Trinajstić information content (AvgIpc) is 2.36. The number of hydrogen-bond donors (Lipinski definition) is 2. The fourth-order valence-electron chi connectivity index (χ4n) is 1.77. The number of carbonyl (C=O) groups excluding carboxylic acids is 1. The van der Waals surface area contributed by atoms with Crippen LogP contribution in [-0.2, 0) is 0 Å². The van der Waals surface area contributed by atoms with Gasteiger partial charge in [0.1, 0.15) is 5.82 Å². The standard InChI is InChI=1S/C15H14FNOS/c1-9-4-6-12(19)8-13(9)15(18)17-14-7-11(16)5-3-10(14)2/h3-8,19H,1-2H3,(H,17,18). The lowest BCUT2D eigenvalue weighted by molar-refractivity contribution is 0.102. The molecule has 2 aromatic carbocycles. The summed E-state index contributed by atoms with van der Waals surface area (Å²) in [5.41, 5.74) is 2.68. The van der Waals surface area contributed by atoms with Crippen molar-refractivity contribution in [2.24, 2.45) is 0 Å². The van der Waals surface area contributed by atoms with E-state index in [1.165, 1.54) is 12.1 Å². The summed E-state index contributed by atoms with van der Waals surface area (Å²) in [6, 6.07) is 9.66. The Bertz CT molecular complexity index is 640. The van der Waals surface area contributed by atoms with Crippen LogP contribution in [0.5, 0.6) is 0 Å². The molecule has 2 nitrogen and oxygen atoms in total. The molecule has 0 spiro atoms. The zero-order valence-corrected chi connectivity index (χ0v) is 11.6. The van der Waals surface area contributed by atoms with Crippen LogP contribution in [0.25, 0.3) is 0 Å². The summed E-state index contributed by atoms with van der Waals surface area (Å²) >= 11 is 4.22. The van der Waals surface area contributed by atoms with Gasteiger partial charge >= 0.3 is 0 Å². The minimum atomic E-state index is -0.374. The molecule has 0 heterocycles. The highest BCUT2D eigenvalue weighted by Crippen LogP contribution is 2.19. The smallest absolute Gasteiger partial charge is 0.255 e. The van der Waals surface area contributed by atoms with Crippen LogP contribution >= 0.6 is 12.6 Å². The van der Waals surface area contributed by atoms with Crippen molar-refractivity contribution in [1.29, 1.82) is 0 Å². The quantitative estimate of drug-likeness (QED) is 0.797. The van der Waals surface area contributed by atoms with E-state index in [1.807, 2.05) is 26.0 Å². The Morgan fingerprint density at radius 2 is 1.79 bits per heavy atom. The lowest BCUT2D eigenvalue weighted by atomic mass is 10.1. The summed E-state index contributed by atoms with van der Waals surface area (Å²) in [7, 11) is 0. The molecule has 4 heteroatoms. The van der Waals surface area contributed by atoms with Crippen LogP contribution in [0.2, 0.25) is 0 Å². The Kier molecular flexibility index (Phi) is 3.90. The second-order valence-electron chi connectivity index (χ2n) is 4.41. The first-order valence-corrected chi connectivity index (χ1v) is 6.29. The molecule has 2 rings (SSSR count). The van der Waals surface area contributed by atoms with Crippen LogP contribution in [0.1, 0.15) is 21.5 Å². The molecule has 0 aliphatic carbocycles. The summed E-state index contributed by atoms with van der Waals surface area (Å²) in [6.07, 6.45) is 0. The molecule has 0 unspecified atom stereocenters. The fraction of sp³-hybridized carbons (Fsp3) is 0.133.